The second-order valence-electron chi connectivity index (χ2n) is 4.80. The van der Waals surface area contributed by atoms with E-state index < -0.39 is 0 Å². The Hall–Kier alpha value is -1.98. The van der Waals surface area contributed by atoms with E-state index in [2.05, 4.69) is 15.3 Å². The van der Waals surface area contributed by atoms with Gasteiger partial charge in [0, 0.05) is 29.9 Å². The van der Waals surface area contributed by atoms with Crippen LogP contribution in [0.15, 0.2) is 36.5 Å². The quantitative estimate of drug-likeness (QED) is 0.909. The number of hydrogen-bond acceptors (Lipinski definition) is 4. The van der Waals surface area contributed by atoms with Crippen molar-refractivity contribution in [3.05, 3.63) is 42.4 Å². The van der Waals surface area contributed by atoms with Crippen LogP contribution in [0.25, 0.3) is 11.3 Å². The first kappa shape index (κ1) is 17.1. The first-order valence-electron chi connectivity index (χ1n) is 6.50. The summed E-state index contributed by atoms with van der Waals surface area (Å²) in [5.74, 6) is 0.630. The fourth-order valence-corrected chi connectivity index (χ4v) is 1.88. The molecule has 112 valence electrons. The van der Waals surface area contributed by atoms with Crippen molar-refractivity contribution >= 4 is 24.0 Å². The summed E-state index contributed by atoms with van der Waals surface area (Å²) in [5.41, 5.74) is 8.12. The molecule has 1 atom stereocenters. The number of nitrogens with two attached hydrogens (primary N) is 1. The van der Waals surface area contributed by atoms with E-state index in [0.29, 0.717) is 12.2 Å². The number of carbonyl (C=O) groups excluding carboxylic acids is 1. The molecule has 0 aliphatic carbocycles. The number of benzene rings is 1. The number of amides is 1. The highest BCUT2D eigenvalue weighted by atomic mass is 35.5. The van der Waals surface area contributed by atoms with Gasteiger partial charge in [-0.05, 0) is 32.0 Å². The lowest BCUT2D eigenvalue weighted by atomic mass is 10.1. The maximum Gasteiger partial charge on any atom is 0.225 e. The van der Waals surface area contributed by atoms with Gasteiger partial charge >= 0.3 is 0 Å². The van der Waals surface area contributed by atoms with Crippen LogP contribution >= 0.6 is 12.4 Å². The standard InChI is InChI=1S/C15H18N4O.ClH/c1-10(16)8-15(20)19-13-5-3-4-12(9-13)14-6-7-17-11(2)18-14;/h3-7,9-10H,8,16H2,1-2H3,(H,19,20);1H. The molecule has 0 saturated carbocycles. The largest absolute Gasteiger partial charge is 0.327 e. The van der Waals surface area contributed by atoms with E-state index in [1.54, 1.807) is 13.1 Å². The molecular weight excluding hydrogens is 288 g/mol. The van der Waals surface area contributed by atoms with Crippen molar-refractivity contribution in [2.75, 3.05) is 5.32 Å². The summed E-state index contributed by atoms with van der Waals surface area (Å²) >= 11 is 0. The maximum atomic E-state index is 11.7. The molecule has 0 saturated heterocycles. The van der Waals surface area contributed by atoms with Crippen LogP contribution in [0.1, 0.15) is 19.2 Å². The molecular formula is C15H19ClN4O. The zero-order valence-electron chi connectivity index (χ0n) is 12.0. The first-order valence-corrected chi connectivity index (χ1v) is 6.50. The van der Waals surface area contributed by atoms with Crippen molar-refractivity contribution in [2.24, 2.45) is 5.73 Å². The van der Waals surface area contributed by atoms with Gasteiger partial charge in [0.25, 0.3) is 0 Å². The van der Waals surface area contributed by atoms with E-state index in [9.17, 15) is 4.79 Å². The minimum atomic E-state index is -0.150. The highest BCUT2D eigenvalue weighted by Gasteiger charge is 2.07. The average molecular weight is 307 g/mol. The van der Waals surface area contributed by atoms with Crippen molar-refractivity contribution < 1.29 is 4.79 Å². The van der Waals surface area contributed by atoms with E-state index in [1.807, 2.05) is 37.3 Å². The minimum absolute atomic E-state index is 0. The summed E-state index contributed by atoms with van der Waals surface area (Å²) in [4.78, 5) is 20.2. The summed E-state index contributed by atoms with van der Waals surface area (Å²) in [6.07, 6.45) is 2.02. The number of aromatic nitrogens is 2. The molecule has 0 spiro atoms. The summed E-state index contributed by atoms with van der Waals surface area (Å²) in [5, 5.41) is 2.84. The van der Waals surface area contributed by atoms with Crippen molar-refractivity contribution in [3.63, 3.8) is 0 Å². The third kappa shape index (κ3) is 5.13. The average Bonchev–Trinajstić information content (AvgIpc) is 2.38. The molecule has 1 aromatic heterocycles. The fourth-order valence-electron chi connectivity index (χ4n) is 1.88. The van der Waals surface area contributed by atoms with E-state index in [1.165, 1.54) is 0 Å². The van der Waals surface area contributed by atoms with Gasteiger partial charge in [0.15, 0.2) is 0 Å². The van der Waals surface area contributed by atoms with Gasteiger partial charge in [0.05, 0.1) is 5.69 Å². The van der Waals surface area contributed by atoms with Crippen LogP contribution in [0.3, 0.4) is 0 Å². The first-order chi connectivity index (χ1) is 9.54. The molecule has 1 amide bonds. The Labute approximate surface area is 130 Å². The number of carbonyl (C=O) groups is 1. The zero-order valence-corrected chi connectivity index (χ0v) is 12.9. The molecule has 0 radical (unpaired) electrons. The number of nitrogens with zero attached hydrogens (tertiary/aromatic N) is 2. The lowest BCUT2D eigenvalue weighted by Crippen LogP contribution is -2.23. The van der Waals surface area contributed by atoms with Crippen LogP contribution in [0.5, 0.6) is 0 Å². The van der Waals surface area contributed by atoms with Gasteiger partial charge in [-0.2, -0.15) is 0 Å². The van der Waals surface area contributed by atoms with Crippen molar-refractivity contribution in [2.45, 2.75) is 26.3 Å². The Morgan fingerprint density at radius 1 is 1.38 bits per heavy atom. The van der Waals surface area contributed by atoms with Crippen LogP contribution in [-0.4, -0.2) is 21.9 Å². The van der Waals surface area contributed by atoms with Crippen molar-refractivity contribution in [3.8, 4) is 11.3 Å². The monoisotopic (exact) mass is 306 g/mol. The molecule has 2 aromatic rings. The van der Waals surface area contributed by atoms with Gasteiger partial charge in [0.2, 0.25) is 5.91 Å². The molecule has 0 bridgehead atoms. The minimum Gasteiger partial charge on any atom is -0.327 e. The molecule has 3 N–H and O–H groups in total. The Balaban J connectivity index is 0.00000220. The fraction of sp³-hybridized carbons (Fsp3) is 0.267. The molecule has 0 aliphatic heterocycles. The van der Waals surface area contributed by atoms with E-state index in [0.717, 1.165) is 16.9 Å². The Kier molecular flexibility index (Phi) is 6.27. The summed E-state index contributed by atoms with van der Waals surface area (Å²) in [6, 6.07) is 9.26. The number of halogens is 1. The molecule has 21 heavy (non-hydrogen) atoms. The Bertz CT molecular complexity index is 616. The summed E-state index contributed by atoms with van der Waals surface area (Å²) in [6.45, 7) is 3.65. The van der Waals surface area contributed by atoms with Gasteiger partial charge in [0.1, 0.15) is 5.82 Å². The number of anilines is 1. The normalized spacial score (nSPS) is 11.4. The summed E-state index contributed by atoms with van der Waals surface area (Å²) < 4.78 is 0. The van der Waals surface area contributed by atoms with Crippen LogP contribution in [-0.2, 0) is 4.79 Å². The molecule has 0 fully saturated rings. The van der Waals surface area contributed by atoms with Crippen molar-refractivity contribution in [1.82, 2.24) is 9.97 Å². The molecule has 1 unspecified atom stereocenters. The molecule has 5 nitrogen and oxygen atoms in total. The van der Waals surface area contributed by atoms with Gasteiger partial charge in [-0.3, -0.25) is 4.79 Å². The highest BCUT2D eigenvalue weighted by Crippen LogP contribution is 2.20. The third-order valence-electron chi connectivity index (χ3n) is 2.73. The van der Waals surface area contributed by atoms with Crippen LogP contribution in [0.2, 0.25) is 0 Å². The molecule has 2 rings (SSSR count). The predicted molar refractivity (Wildman–Crippen MR) is 86.3 cm³/mol. The molecule has 1 aromatic carbocycles. The van der Waals surface area contributed by atoms with Gasteiger partial charge in [-0.1, -0.05) is 12.1 Å². The van der Waals surface area contributed by atoms with Crippen LogP contribution < -0.4 is 11.1 Å². The van der Waals surface area contributed by atoms with Gasteiger partial charge in [-0.25, -0.2) is 9.97 Å². The highest BCUT2D eigenvalue weighted by molar-refractivity contribution is 5.91. The van der Waals surface area contributed by atoms with E-state index >= 15 is 0 Å². The Morgan fingerprint density at radius 3 is 2.81 bits per heavy atom. The zero-order chi connectivity index (χ0) is 14.5. The number of rotatable bonds is 4. The molecule has 1 heterocycles. The smallest absolute Gasteiger partial charge is 0.225 e. The SMILES string of the molecule is Cc1nccc(-c2cccc(NC(=O)CC(C)N)c2)n1.Cl. The number of aryl methyl sites for hydroxylation is 1. The third-order valence-corrected chi connectivity index (χ3v) is 2.73. The van der Waals surface area contributed by atoms with E-state index in [4.69, 9.17) is 5.73 Å². The predicted octanol–water partition coefficient (Wildman–Crippen LogP) is 2.55. The van der Waals surface area contributed by atoms with Crippen LogP contribution in [0.4, 0.5) is 5.69 Å². The lowest BCUT2D eigenvalue weighted by molar-refractivity contribution is -0.116. The van der Waals surface area contributed by atoms with Crippen LogP contribution in [0, 0.1) is 6.92 Å². The maximum absolute atomic E-state index is 11.7. The lowest BCUT2D eigenvalue weighted by Gasteiger charge is -2.09. The topological polar surface area (TPSA) is 80.9 Å². The molecule has 0 aliphatic rings. The van der Waals surface area contributed by atoms with Gasteiger partial charge in [-0.15, -0.1) is 12.4 Å². The number of hydrogen-bond donors (Lipinski definition) is 2. The van der Waals surface area contributed by atoms with Gasteiger partial charge < -0.3 is 11.1 Å². The summed E-state index contributed by atoms with van der Waals surface area (Å²) in [7, 11) is 0. The number of nitrogens with one attached hydrogen (secondary N) is 1. The second-order valence-corrected chi connectivity index (χ2v) is 4.80. The van der Waals surface area contributed by atoms with E-state index in [-0.39, 0.29) is 24.4 Å². The molecule has 6 heteroatoms. The van der Waals surface area contributed by atoms with Crippen molar-refractivity contribution in [1.29, 1.82) is 0 Å². The second kappa shape index (κ2) is 7.71. The Morgan fingerprint density at radius 2 is 2.14 bits per heavy atom.